The Bertz CT molecular complexity index is 427. The molecule has 0 radical (unpaired) electrons. The highest BCUT2D eigenvalue weighted by atomic mass is 35.5. The van der Waals surface area contributed by atoms with Crippen molar-refractivity contribution in [3.05, 3.63) is 28.8 Å². The van der Waals surface area contributed by atoms with Crippen LogP contribution >= 0.6 is 11.6 Å². The van der Waals surface area contributed by atoms with E-state index >= 15 is 0 Å². The van der Waals surface area contributed by atoms with E-state index in [9.17, 15) is 4.79 Å². The minimum Gasteiger partial charge on any atom is -0.477 e. The number of hydrogen-bond acceptors (Lipinski definition) is 3. The zero-order chi connectivity index (χ0) is 12.4. The van der Waals surface area contributed by atoms with Crippen molar-refractivity contribution in [2.45, 2.75) is 25.9 Å². The summed E-state index contributed by atoms with van der Waals surface area (Å²) in [6, 6.07) is 5.51. The first-order valence-electron chi connectivity index (χ1n) is 5.62. The van der Waals surface area contributed by atoms with E-state index in [1.54, 1.807) is 6.07 Å². The maximum atomic E-state index is 11.6. The van der Waals surface area contributed by atoms with Gasteiger partial charge in [-0.25, -0.2) is 4.79 Å². The van der Waals surface area contributed by atoms with Gasteiger partial charge >= 0.3 is 5.97 Å². The molecule has 1 saturated carbocycles. The Hall–Kier alpha value is -1.22. The van der Waals surface area contributed by atoms with Gasteiger partial charge in [0.1, 0.15) is 5.75 Å². The topological polar surface area (TPSA) is 35.5 Å². The molecule has 1 aromatic carbocycles. The number of rotatable bonds is 4. The van der Waals surface area contributed by atoms with Crippen molar-refractivity contribution in [3.8, 4) is 5.75 Å². The molecule has 0 N–H and O–H groups in total. The average molecular weight is 255 g/mol. The van der Waals surface area contributed by atoms with Gasteiger partial charge < -0.3 is 9.47 Å². The second-order valence-corrected chi connectivity index (χ2v) is 4.74. The number of methoxy groups -OCH3 is 1. The minimum absolute atomic E-state index is 0.263. The molecule has 2 rings (SSSR count). The molecule has 17 heavy (non-hydrogen) atoms. The fourth-order valence-corrected chi connectivity index (χ4v) is 1.85. The van der Waals surface area contributed by atoms with E-state index in [0.29, 0.717) is 10.8 Å². The van der Waals surface area contributed by atoms with Crippen LogP contribution in [0.4, 0.5) is 0 Å². The number of esters is 1. The molecule has 1 fully saturated rings. The Kier molecular flexibility index (Phi) is 3.57. The van der Waals surface area contributed by atoms with Crippen LogP contribution in [0.3, 0.4) is 0 Å². The van der Waals surface area contributed by atoms with E-state index in [0.717, 1.165) is 18.4 Å². The molecule has 0 bridgehead atoms. The van der Waals surface area contributed by atoms with Gasteiger partial charge in [-0.15, -0.1) is 0 Å². The summed E-state index contributed by atoms with van der Waals surface area (Å²) >= 11 is 6.04. The van der Waals surface area contributed by atoms with Gasteiger partial charge in [0.2, 0.25) is 0 Å². The molecule has 0 spiro atoms. The van der Waals surface area contributed by atoms with Gasteiger partial charge in [0.15, 0.2) is 6.10 Å². The van der Waals surface area contributed by atoms with Crippen molar-refractivity contribution in [2.24, 2.45) is 5.92 Å². The first-order valence-corrected chi connectivity index (χ1v) is 6.00. The molecular weight excluding hydrogens is 240 g/mol. The maximum absolute atomic E-state index is 11.6. The SMILES string of the molecule is COC(=O)C(Oc1cc(C)ccc1Cl)C1CC1. The van der Waals surface area contributed by atoms with Crippen molar-refractivity contribution in [2.75, 3.05) is 7.11 Å². The van der Waals surface area contributed by atoms with Crippen LogP contribution < -0.4 is 4.74 Å². The van der Waals surface area contributed by atoms with Crippen LogP contribution in [0.1, 0.15) is 18.4 Å². The Morgan fingerprint density at radius 2 is 2.18 bits per heavy atom. The van der Waals surface area contributed by atoms with Gasteiger partial charge in [0.05, 0.1) is 12.1 Å². The third-order valence-corrected chi connectivity index (χ3v) is 3.14. The fourth-order valence-electron chi connectivity index (χ4n) is 1.69. The summed E-state index contributed by atoms with van der Waals surface area (Å²) in [5, 5.41) is 0.519. The highest BCUT2D eigenvalue weighted by Gasteiger charge is 2.39. The highest BCUT2D eigenvalue weighted by molar-refractivity contribution is 6.32. The van der Waals surface area contributed by atoms with E-state index in [2.05, 4.69) is 0 Å². The zero-order valence-corrected chi connectivity index (χ0v) is 10.7. The first kappa shape index (κ1) is 12.2. The van der Waals surface area contributed by atoms with Crippen LogP contribution in [0.25, 0.3) is 0 Å². The Morgan fingerprint density at radius 3 is 2.76 bits per heavy atom. The molecule has 1 aliphatic rings. The van der Waals surface area contributed by atoms with Crippen LogP contribution in [-0.4, -0.2) is 19.2 Å². The van der Waals surface area contributed by atoms with E-state index in [1.807, 2.05) is 19.1 Å². The van der Waals surface area contributed by atoms with E-state index in [1.165, 1.54) is 7.11 Å². The van der Waals surface area contributed by atoms with Crippen molar-refractivity contribution in [1.29, 1.82) is 0 Å². The fraction of sp³-hybridized carbons (Fsp3) is 0.462. The lowest BCUT2D eigenvalue weighted by Crippen LogP contribution is -2.30. The van der Waals surface area contributed by atoms with Crippen molar-refractivity contribution < 1.29 is 14.3 Å². The monoisotopic (exact) mass is 254 g/mol. The smallest absolute Gasteiger partial charge is 0.347 e. The molecule has 1 aromatic rings. The van der Waals surface area contributed by atoms with E-state index in [4.69, 9.17) is 21.1 Å². The van der Waals surface area contributed by atoms with Crippen LogP contribution in [0.5, 0.6) is 5.75 Å². The molecule has 0 aliphatic heterocycles. The lowest BCUT2D eigenvalue weighted by Gasteiger charge is -2.17. The van der Waals surface area contributed by atoms with Crippen LogP contribution in [0.15, 0.2) is 18.2 Å². The number of carbonyl (C=O) groups excluding carboxylic acids is 1. The quantitative estimate of drug-likeness (QED) is 0.775. The Balaban J connectivity index is 2.16. The Morgan fingerprint density at radius 1 is 1.47 bits per heavy atom. The summed E-state index contributed by atoms with van der Waals surface area (Å²) < 4.78 is 10.4. The van der Waals surface area contributed by atoms with Gasteiger partial charge in [-0.1, -0.05) is 17.7 Å². The third kappa shape index (κ3) is 2.91. The number of halogens is 1. The molecule has 0 saturated heterocycles. The molecule has 0 amide bonds. The predicted molar refractivity (Wildman–Crippen MR) is 65.3 cm³/mol. The summed E-state index contributed by atoms with van der Waals surface area (Å²) in [6.07, 6.45) is 1.48. The minimum atomic E-state index is -0.528. The maximum Gasteiger partial charge on any atom is 0.347 e. The van der Waals surface area contributed by atoms with Gasteiger partial charge in [0, 0.05) is 5.92 Å². The third-order valence-electron chi connectivity index (χ3n) is 2.82. The molecule has 0 aromatic heterocycles. The lowest BCUT2D eigenvalue weighted by molar-refractivity contribution is -0.149. The molecule has 0 heterocycles. The standard InChI is InChI=1S/C13H15ClO3/c1-8-3-6-10(14)11(7-8)17-12(9-4-5-9)13(15)16-2/h3,6-7,9,12H,4-5H2,1-2H3. The first-order chi connectivity index (χ1) is 8.11. The van der Waals surface area contributed by atoms with Gasteiger partial charge in [-0.05, 0) is 37.5 Å². The second-order valence-electron chi connectivity index (χ2n) is 4.33. The van der Waals surface area contributed by atoms with Crippen molar-refractivity contribution in [3.63, 3.8) is 0 Å². The van der Waals surface area contributed by atoms with E-state index < -0.39 is 6.10 Å². The Labute approximate surface area is 106 Å². The van der Waals surface area contributed by atoms with E-state index in [-0.39, 0.29) is 11.9 Å². The lowest BCUT2D eigenvalue weighted by atomic mass is 10.2. The molecule has 1 atom stereocenters. The molecular formula is C13H15ClO3. The summed E-state index contributed by atoms with van der Waals surface area (Å²) in [7, 11) is 1.37. The number of ether oxygens (including phenoxy) is 2. The van der Waals surface area contributed by atoms with Crippen molar-refractivity contribution in [1.82, 2.24) is 0 Å². The van der Waals surface area contributed by atoms with Gasteiger partial charge in [-0.2, -0.15) is 0 Å². The second kappa shape index (κ2) is 4.96. The summed E-state index contributed by atoms with van der Waals surface area (Å²) in [5.41, 5.74) is 1.05. The van der Waals surface area contributed by atoms with Gasteiger partial charge in [-0.3, -0.25) is 0 Å². The normalized spacial score (nSPS) is 16.4. The molecule has 3 nitrogen and oxygen atoms in total. The number of aryl methyl sites for hydroxylation is 1. The molecule has 1 unspecified atom stereocenters. The highest BCUT2D eigenvalue weighted by Crippen LogP contribution is 2.37. The summed E-state index contributed by atoms with van der Waals surface area (Å²) in [5.74, 6) is 0.484. The molecule has 92 valence electrons. The number of hydrogen-bond donors (Lipinski definition) is 0. The summed E-state index contributed by atoms with van der Waals surface area (Å²) in [6.45, 7) is 1.95. The van der Waals surface area contributed by atoms with Gasteiger partial charge in [0.25, 0.3) is 0 Å². The number of benzene rings is 1. The number of carbonyl (C=O) groups is 1. The zero-order valence-electron chi connectivity index (χ0n) is 9.90. The predicted octanol–water partition coefficient (Wildman–Crippen LogP) is 2.98. The average Bonchev–Trinajstić information content (AvgIpc) is 3.13. The van der Waals surface area contributed by atoms with Crippen LogP contribution in [0, 0.1) is 12.8 Å². The van der Waals surface area contributed by atoms with Crippen molar-refractivity contribution >= 4 is 17.6 Å². The molecule has 4 heteroatoms. The van der Waals surface area contributed by atoms with Crippen LogP contribution in [-0.2, 0) is 9.53 Å². The van der Waals surface area contributed by atoms with Crippen LogP contribution in [0.2, 0.25) is 5.02 Å². The summed E-state index contributed by atoms with van der Waals surface area (Å²) in [4.78, 5) is 11.6. The largest absolute Gasteiger partial charge is 0.477 e. The molecule has 1 aliphatic carbocycles.